The van der Waals surface area contributed by atoms with Crippen molar-refractivity contribution < 1.29 is 9.59 Å². The Morgan fingerprint density at radius 1 is 1.05 bits per heavy atom. The summed E-state index contributed by atoms with van der Waals surface area (Å²) >= 11 is 12.6. The molecule has 0 saturated carbocycles. The minimum Gasteiger partial charge on any atom is -0.320 e. The molecule has 37 heavy (non-hydrogen) atoms. The second-order valence-corrected chi connectivity index (χ2v) is 10.8. The number of hydrogen-bond donors (Lipinski definition) is 1. The number of halogens is 1. The molecule has 1 N–H and O–H groups in total. The van der Waals surface area contributed by atoms with Gasteiger partial charge in [0.1, 0.15) is 10.0 Å². The van der Waals surface area contributed by atoms with Crippen LogP contribution in [0.2, 0.25) is 5.02 Å². The van der Waals surface area contributed by atoms with Gasteiger partial charge in [0.05, 0.1) is 16.3 Å². The highest BCUT2D eigenvalue weighted by Gasteiger charge is 2.31. The molecule has 2 aromatic carbocycles. The van der Waals surface area contributed by atoms with Crippen LogP contribution in [-0.4, -0.2) is 36.9 Å². The van der Waals surface area contributed by atoms with Crippen LogP contribution in [0, 0.1) is 6.92 Å². The minimum atomic E-state index is -0.263. The van der Waals surface area contributed by atoms with E-state index in [1.54, 1.807) is 35.7 Å². The van der Waals surface area contributed by atoms with Crippen LogP contribution in [0.3, 0.4) is 0 Å². The highest BCUT2D eigenvalue weighted by molar-refractivity contribution is 8.26. The third-order valence-corrected chi connectivity index (χ3v) is 7.78. The van der Waals surface area contributed by atoms with E-state index in [-0.39, 0.29) is 23.8 Å². The summed E-state index contributed by atoms with van der Waals surface area (Å²) in [6.45, 7) is 2.31. The van der Waals surface area contributed by atoms with Crippen LogP contribution in [0.4, 0.5) is 5.69 Å². The van der Waals surface area contributed by atoms with Gasteiger partial charge in [0, 0.05) is 25.0 Å². The number of unbranched alkanes of at least 4 members (excludes halogenated alkanes) is 2. The first-order chi connectivity index (χ1) is 17.8. The number of amides is 2. The molecule has 10 heteroatoms. The molecule has 1 saturated heterocycles. The van der Waals surface area contributed by atoms with Crippen molar-refractivity contribution in [3.8, 4) is 5.69 Å². The zero-order chi connectivity index (χ0) is 26.5. The number of aromatic nitrogens is 2. The maximum atomic E-state index is 13.0. The van der Waals surface area contributed by atoms with Gasteiger partial charge in [-0.2, -0.15) is 0 Å². The zero-order valence-corrected chi connectivity index (χ0v) is 23.0. The average molecular weight is 555 g/mol. The number of nitrogens with zero attached hydrogens (tertiary/aromatic N) is 3. The maximum Gasteiger partial charge on any atom is 0.295 e. The van der Waals surface area contributed by atoms with E-state index in [1.807, 2.05) is 48.5 Å². The number of nitrogens with one attached hydrogen (secondary N) is 1. The summed E-state index contributed by atoms with van der Waals surface area (Å²) in [6, 6.07) is 16.6. The topological polar surface area (TPSA) is 76.3 Å². The minimum absolute atomic E-state index is 0.100. The Labute approximate surface area is 230 Å². The quantitative estimate of drug-likeness (QED) is 0.213. The lowest BCUT2D eigenvalue weighted by atomic mass is 10.1. The summed E-state index contributed by atoms with van der Waals surface area (Å²) in [5, 5.41) is 3.43. The summed E-state index contributed by atoms with van der Waals surface area (Å²) in [6.07, 6.45) is 4.22. The normalized spacial score (nSPS) is 14.6. The second kappa shape index (κ2) is 11.9. The SMILES string of the molecule is Cc1c(NC(=O)CCCCCN2C(=O)C(=Cc3ccc(Cl)cc3)SC2=S)c(=O)n(-c2ccccc2)n1C. The molecule has 0 aliphatic carbocycles. The molecule has 0 atom stereocenters. The van der Waals surface area contributed by atoms with E-state index in [0.29, 0.717) is 38.6 Å². The van der Waals surface area contributed by atoms with Crippen molar-refractivity contribution in [2.75, 3.05) is 11.9 Å². The summed E-state index contributed by atoms with van der Waals surface area (Å²) in [7, 11) is 1.79. The first kappa shape index (κ1) is 26.9. The van der Waals surface area contributed by atoms with E-state index >= 15 is 0 Å². The third kappa shape index (κ3) is 6.23. The fraction of sp³-hybridized carbons (Fsp3) is 0.259. The molecule has 2 amide bonds. The molecule has 3 aromatic rings. The Balaban J connectivity index is 1.26. The number of para-hydroxylation sites is 1. The van der Waals surface area contributed by atoms with E-state index in [1.165, 1.54) is 16.4 Å². The number of anilines is 1. The Kier molecular flexibility index (Phi) is 8.68. The molecule has 1 aliphatic heterocycles. The predicted molar refractivity (Wildman–Crippen MR) is 154 cm³/mol. The fourth-order valence-corrected chi connectivity index (χ4v) is 5.48. The molecule has 1 fully saturated rings. The van der Waals surface area contributed by atoms with Gasteiger partial charge in [-0.15, -0.1) is 0 Å². The van der Waals surface area contributed by atoms with Gasteiger partial charge in [-0.25, -0.2) is 4.68 Å². The predicted octanol–water partition coefficient (Wildman–Crippen LogP) is 5.54. The maximum absolute atomic E-state index is 13.0. The summed E-state index contributed by atoms with van der Waals surface area (Å²) in [4.78, 5) is 40.5. The number of thiocarbonyl (C=S) groups is 1. The van der Waals surface area contributed by atoms with Gasteiger partial charge in [-0.1, -0.05) is 72.3 Å². The molecule has 2 heterocycles. The van der Waals surface area contributed by atoms with Gasteiger partial charge >= 0.3 is 0 Å². The molecular weight excluding hydrogens is 528 g/mol. The third-order valence-electron chi connectivity index (χ3n) is 6.15. The number of carbonyl (C=O) groups is 2. The number of rotatable bonds is 9. The van der Waals surface area contributed by atoms with E-state index < -0.39 is 0 Å². The highest BCUT2D eigenvalue weighted by atomic mass is 35.5. The van der Waals surface area contributed by atoms with Crippen molar-refractivity contribution in [1.82, 2.24) is 14.3 Å². The number of hydrogen-bond acceptors (Lipinski definition) is 5. The van der Waals surface area contributed by atoms with Crippen LogP contribution < -0.4 is 10.9 Å². The largest absolute Gasteiger partial charge is 0.320 e. The molecular formula is C27H27ClN4O3S2. The van der Waals surface area contributed by atoms with Gasteiger partial charge in [0.15, 0.2) is 0 Å². The van der Waals surface area contributed by atoms with Crippen molar-refractivity contribution in [3.63, 3.8) is 0 Å². The van der Waals surface area contributed by atoms with Crippen molar-refractivity contribution >= 4 is 63.5 Å². The van der Waals surface area contributed by atoms with Gasteiger partial charge in [-0.3, -0.25) is 24.0 Å². The molecule has 4 rings (SSSR count). The van der Waals surface area contributed by atoms with Crippen molar-refractivity contribution in [1.29, 1.82) is 0 Å². The van der Waals surface area contributed by atoms with E-state index in [2.05, 4.69) is 5.32 Å². The molecule has 192 valence electrons. The van der Waals surface area contributed by atoms with Crippen molar-refractivity contribution in [3.05, 3.63) is 86.1 Å². The summed E-state index contributed by atoms with van der Waals surface area (Å²) in [5.41, 5.74) is 2.34. The molecule has 0 unspecified atom stereocenters. The molecule has 1 aliphatic rings. The van der Waals surface area contributed by atoms with E-state index in [4.69, 9.17) is 23.8 Å². The average Bonchev–Trinajstić information content (AvgIpc) is 3.26. The van der Waals surface area contributed by atoms with Crippen LogP contribution in [0.15, 0.2) is 64.3 Å². The number of thioether (sulfide) groups is 1. The number of carbonyl (C=O) groups excluding carboxylic acids is 2. The summed E-state index contributed by atoms with van der Waals surface area (Å²) in [5.74, 6) is -0.306. The molecule has 7 nitrogen and oxygen atoms in total. The lowest BCUT2D eigenvalue weighted by Gasteiger charge is -2.14. The monoisotopic (exact) mass is 554 g/mol. The van der Waals surface area contributed by atoms with Gasteiger partial charge < -0.3 is 5.32 Å². The Hall–Kier alpha value is -3.14. The zero-order valence-electron chi connectivity index (χ0n) is 20.6. The van der Waals surface area contributed by atoms with Crippen LogP contribution in [0.5, 0.6) is 0 Å². The van der Waals surface area contributed by atoms with Crippen LogP contribution in [0.25, 0.3) is 11.8 Å². The number of benzene rings is 2. The van der Waals surface area contributed by atoms with Crippen LogP contribution in [-0.2, 0) is 16.6 Å². The van der Waals surface area contributed by atoms with Crippen molar-refractivity contribution in [2.45, 2.75) is 32.6 Å². The van der Waals surface area contributed by atoms with Gasteiger partial charge in [-0.05, 0) is 55.7 Å². The molecule has 0 bridgehead atoms. The van der Waals surface area contributed by atoms with Gasteiger partial charge in [0.2, 0.25) is 5.91 Å². The summed E-state index contributed by atoms with van der Waals surface area (Å²) < 4.78 is 3.81. The van der Waals surface area contributed by atoms with Crippen LogP contribution >= 0.6 is 35.6 Å². The smallest absolute Gasteiger partial charge is 0.295 e. The Morgan fingerprint density at radius 3 is 2.46 bits per heavy atom. The van der Waals surface area contributed by atoms with Gasteiger partial charge in [0.25, 0.3) is 11.5 Å². The lowest BCUT2D eigenvalue weighted by Crippen LogP contribution is -2.29. The molecule has 1 aromatic heterocycles. The second-order valence-electron chi connectivity index (χ2n) is 8.68. The fourth-order valence-electron chi connectivity index (χ4n) is 4.05. The lowest BCUT2D eigenvalue weighted by molar-refractivity contribution is -0.122. The first-order valence-electron chi connectivity index (χ1n) is 11.9. The van der Waals surface area contributed by atoms with E-state index in [0.717, 1.165) is 24.1 Å². The van der Waals surface area contributed by atoms with E-state index in [9.17, 15) is 14.4 Å². The first-order valence-corrected chi connectivity index (χ1v) is 13.5. The Bertz CT molecular complexity index is 1410. The molecule has 0 radical (unpaired) electrons. The Morgan fingerprint density at radius 2 is 1.76 bits per heavy atom. The highest BCUT2D eigenvalue weighted by Crippen LogP contribution is 2.33. The van der Waals surface area contributed by atoms with Crippen molar-refractivity contribution in [2.24, 2.45) is 7.05 Å². The van der Waals surface area contributed by atoms with Crippen LogP contribution in [0.1, 0.15) is 36.9 Å². The standard InChI is InChI=1S/C27H27ClN4O3S2/c1-18-24(26(35)32(30(18)2)21-9-5-3-6-10-21)29-23(33)11-7-4-8-16-31-25(34)22(37-27(31)36)17-19-12-14-20(28)15-13-19/h3,5-6,9-10,12-15,17H,4,7-8,11,16H2,1-2H3,(H,29,33). The molecule has 0 spiro atoms.